The fourth-order valence-electron chi connectivity index (χ4n) is 1.38. The molecule has 138 valence electrons. The molecular formula is C12H26N7O4P. The molecule has 1 rings (SSSR count). The molecule has 0 bridgehead atoms. The predicted octanol–water partition coefficient (Wildman–Crippen LogP) is 0.124. The molecular weight excluding hydrogens is 337 g/mol. The van der Waals surface area contributed by atoms with E-state index in [1.54, 1.807) is 0 Å². The third-order valence-corrected chi connectivity index (χ3v) is 3.60. The Balaban J connectivity index is 0.00000254. The van der Waals surface area contributed by atoms with E-state index in [9.17, 15) is 9.69 Å². The van der Waals surface area contributed by atoms with Crippen LogP contribution in [0.25, 0.3) is 0 Å². The Morgan fingerprint density at radius 3 is 2.71 bits per heavy atom. The molecule has 0 saturated heterocycles. The molecule has 11 nitrogen and oxygen atoms in total. The summed E-state index contributed by atoms with van der Waals surface area (Å²) in [5.74, 6) is 4.94. The number of nitrogens with two attached hydrogens (primary N) is 2. The van der Waals surface area contributed by atoms with E-state index in [0.717, 1.165) is 0 Å². The SMILES string of the molecule is CC.CC(NP(O)COCCNc1ncnc(N)c1NN)C(=O)O. The summed E-state index contributed by atoms with van der Waals surface area (Å²) in [6, 6.07) is -0.833. The predicted molar refractivity (Wildman–Crippen MR) is 94.3 cm³/mol. The highest BCUT2D eigenvalue weighted by Gasteiger charge is 2.15. The highest BCUT2D eigenvalue weighted by molar-refractivity contribution is 7.49. The molecule has 0 spiro atoms. The normalized spacial score (nSPS) is 12.5. The summed E-state index contributed by atoms with van der Waals surface area (Å²) >= 11 is 0. The summed E-state index contributed by atoms with van der Waals surface area (Å²) < 4.78 is 5.24. The lowest BCUT2D eigenvalue weighted by Crippen LogP contribution is -2.30. The number of hydrogen-bond acceptors (Lipinski definition) is 10. The maximum absolute atomic E-state index is 10.6. The molecule has 2 unspecified atom stereocenters. The summed E-state index contributed by atoms with van der Waals surface area (Å²) in [4.78, 5) is 28.0. The Kier molecular flexibility index (Phi) is 11.7. The number of rotatable bonds is 10. The van der Waals surface area contributed by atoms with Crippen LogP contribution in [-0.4, -0.2) is 51.5 Å². The van der Waals surface area contributed by atoms with Gasteiger partial charge in [-0.25, -0.2) is 9.97 Å². The van der Waals surface area contributed by atoms with Crippen molar-refractivity contribution in [3.63, 3.8) is 0 Å². The van der Waals surface area contributed by atoms with Crippen LogP contribution >= 0.6 is 8.30 Å². The summed E-state index contributed by atoms with van der Waals surface area (Å²) in [6.45, 7) is 6.11. The van der Waals surface area contributed by atoms with E-state index in [1.165, 1.54) is 13.3 Å². The van der Waals surface area contributed by atoms with Gasteiger partial charge in [0, 0.05) is 6.54 Å². The fourth-order valence-corrected chi connectivity index (χ4v) is 2.32. The van der Waals surface area contributed by atoms with Gasteiger partial charge in [-0.2, -0.15) is 0 Å². The molecule has 0 aliphatic carbocycles. The van der Waals surface area contributed by atoms with E-state index in [4.69, 9.17) is 21.4 Å². The summed E-state index contributed by atoms with van der Waals surface area (Å²) in [5.41, 5.74) is 8.40. The molecule has 0 aliphatic heterocycles. The molecule has 0 radical (unpaired) electrons. The van der Waals surface area contributed by atoms with Crippen molar-refractivity contribution in [1.82, 2.24) is 15.1 Å². The van der Waals surface area contributed by atoms with Gasteiger partial charge in [-0.3, -0.25) is 15.7 Å². The third-order valence-electron chi connectivity index (χ3n) is 2.49. The number of nitrogens with one attached hydrogen (secondary N) is 3. The van der Waals surface area contributed by atoms with Crippen LogP contribution in [0.4, 0.5) is 17.3 Å². The Bertz CT molecular complexity index is 494. The summed E-state index contributed by atoms with van der Waals surface area (Å²) in [6.07, 6.45) is 1.31. The van der Waals surface area contributed by atoms with Crippen LogP contribution in [0, 0.1) is 0 Å². The van der Waals surface area contributed by atoms with Crippen molar-refractivity contribution in [1.29, 1.82) is 0 Å². The lowest BCUT2D eigenvalue weighted by Gasteiger charge is -2.16. The third kappa shape index (κ3) is 8.18. The van der Waals surface area contributed by atoms with Gasteiger partial charge in [0.1, 0.15) is 32.7 Å². The monoisotopic (exact) mass is 363 g/mol. The second-order valence-electron chi connectivity index (χ2n) is 4.18. The molecule has 1 aromatic heterocycles. The molecule has 2 atom stereocenters. The molecule has 0 aromatic carbocycles. The van der Waals surface area contributed by atoms with Crippen molar-refractivity contribution in [2.45, 2.75) is 26.8 Å². The largest absolute Gasteiger partial charge is 0.480 e. The highest BCUT2D eigenvalue weighted by Crippen LogP contribution is 2.25. The first kappa shape index (κ1) is 22.2. The molecule has 1 aromatic rings. The summed E-state index contributed by atoms with van der Waals surface area (Å²) in [5, 5.41) is 14.2. The average Bonchev–Trinajstić information content (AvgIpc) is 2.56. The molecule has 0 amide bonds. The number of carboxylic acid groups (broad SMARTS) is 1. The Hall–Kier alpha value is -1.78. The first-order chi connectivity index (χ1) is 11.5. The molecule has 12 heteroatoms. The number of nitrogen functional groups attached to an aromatic ring is 2. The lowest BCUT2D eigenvalue weighted by molar-refractivity contribution is -0.138. The first-order valence-corrected chi connectivity index (χ1v) is 8.77. The number of aliphatic carboxylic acids is 1. The number of nitrogens with zero attached hydrogens (tertiary/aromatic N) is 2. The standard InChI is InChI=1S/C10H20N7O4P.C2H6/c1-6(10(18)19)17-22(20)5-21-3-2-13-9-7(16-12)8(11)14-4-15-9;1-2/h4,6,16-17,20H,2-3,5,12H2,1H3,(H,18,19)(H3,11,13,14,15);1-2H3. The Morgan fingerprint density at radius 2 is 2.12 bits per heavy atom. The zero-order chi connectivity index (χ0) is 18.5. The highest BCUT2D eigenvalue weighted by atomic mass is 31.2. The van der Waals surface area contributed by atoms with Crippen molar-refractivity contribution in [3.8, 4) is 0 Å². The van der Waals surface area contributed by atoms with Crippen LogP contribution in [0.3, 0.4) is 0 Å². The van der Waals surface area contributed by atoms with Crippen molar-refractivity contribution in [2.75, 3.05) is 36.0 Å². The van der Waals surface area contributed by atoms with Gasteiger partial charge < -0.3 is 31.2 Å². The number of carboxylic acids is 1. The number of carbonyl (C=O) groups is 1. The van der Waals surface area contributed by atoms with Crippen LogP contribution in [-0.2, 0) is 9.53 Å². The zero-order valence-electron chi connectivity index (χ0n) is 14.0. The Morgan fingerprint density at radius 1 is 1.46 bits per heavy atom. The van der Waals surface area contributed by atoms with Crippen LogP contribution in [0.5, 0.6) is 0 Å². The van der Waals surface area contributed by atoms with Gasteiger partial charge in [-0.1, -0.05) is 13.8 Å². The smallest absolute Gasteiger partial charge is 0.320 e. The molecule has 9 N–H and O–H groups in total. The second kappa shape index (κ2) is 12.6. The number of hydrogen-bond donors (Lipinski definition) is 7. The van der Waals surface area contributed by atoms with Gasteiger partial charge in [-0.05, 0) is 6.92 Å². The fraction of sp³-hybridized carbons (Fsp3) is 0.583. The maximum atomic E-state index is 10.6. The van der Waals surface area contributed by atoms with E-state index >= 15 is 0 Å². The first-order valence-electron chi connectivity index (χ1n) is 7.29. The maximum Gasteiger partial charge on any atom is 0.320 e. The molecule has 24 heavy (non-hydrogen) atoms. The summed E-state index contributed by atoms with van der Waals surface area (Å²) in [7, 11) is -1.70. The average molecular weight is 363 g/mol. The van der Waals surface area contributed by atoms with Gasteiger partial charge in [0.15, 0.2) is 11.6 Å². The second-order valence-corrected chi connectivity index (χ2v) is 5.50. The zero-order valence-corrected chi connectivity index (χ0v) is 14.9. The van der Waals surface area contributed by atoms with Gasteiger partial charge in [-0.15, -0.1) is 0 Å². The number of hydrazine groups is 1. The number of aromatic nitrogens is 2. The minimum atomic E-state index is -1.70. The van der Waals surface area contributed by atoms with Gasteiger partial charge >= 0.3 is 5.97 Å². The van der Waals surface area contributed by atoms with Crippen LogP contribution in [0.1, 0.15) is 20.8 Å². The van der Waals surface area contributed by atoms with E-state index < -0.39 is 20.3 Å². The number of ether oxygens (including phenoxy) is 1. The van der Waals surface area contributed by atoms with E-state index in [2.05, 4.69) is 25.8 Å². The molecule has 1 heterocycles. The molecule has 0 saturated carbocycles. The molecule has 0 fully saturated rings. The van der Waals surface area contributed by atoms with Crippen molar-refractivity contribution in [2.24, 2.45) is 5.84 Å². The van der Waals surface area contributed by atoms with Gasteiger partial charge in [0.05, 0.1) is 6.61 Å². The van der Waals surface area contributed by atoms with Crippen molar-refractivity contribution in [3.05, 3.63) is 6.33 Å². The quantitative estimate of drug-likeness (QED) is 0.130. The van der Waals surface area contributed by atoms with Crippen LogP contribution in [0.2, 0.25) is 0 Å². The minimum Gasteiger partial charge on any atom is -0.480 e. The van der Waals surface area contributed by atoms with Crippen molar-refractivity contribution < 1.29 is 19.5 Å². The van der Waals surface area contributed by atoms with E-state index in [-0.39, 0.29) is 18.8 Å². The van der Waals surface area contributed by atoms with Crippen molar-refractivity contribution >= 4 is 31.6 Å². The lowest BCUT2D eigenvalue weighted by atomic mass is 10.4. The minimum absolute atomic E-state index is 0.0164. The molecule has 0 aliphatic rings. The van der Waals surface area contributed by atoms with Crippen LogP contribution in [0.15, 0.2) is 6.33 Å². The number of anilines is 3. The van der Waals surface area contributed by atoms with E-state index in [1.807, 2.05) is 13.8 Å². The van der Waals surface area contributed by atoms with Gasteiger partial charge in [0.25, 0.3) is 0 Å². The Labute approximate surface area is 142 Å². The van der Waals surface area contributed by atoms with Crippen LogP contribution < -0.4 is 27.4 Å². The topological polar surface area (TPSA) is 181 Å². The van der Waals surface area contributed by atoms with E-state index in [0.29, 0.717) is 18.1 Å². The van der Waals surface area contributed by atoms with Gasteiger partial charge in [0.2, 0.25) is 0 Å².